The maximum absolute atomic E-state index is 11.5. The van der Waals surface area contributed by atoms with Crippen LogP contribution in [0.3, 0.4) is 0 Å². The summed E-state index contributed by atoms with van der Waals surface area (Å²) in [5.74, 6) is 0. The maximum Gasteiger partial charge on any atom is 0.232 e. The summed E-state index contributed by atoms with van der Waals surface area (Å²) in [6.07, 6.45) is 3.14. The molecule has 120 valence electrons. The monoisotopic (exact) mass is 339 g/mol. The van der Waals surface area contributed by atoms with Crippen molar-refractivity contribution in [2.45, 2.75) is 36.7 Å². The lowest BCUT2D eigenvalue weighted by atomic mass is 10.0. The number of likely N-dealkylation sites (N-methyl/N-ethyl adjacent to an activating group) is 1. The summed E-state index contributed by atoms with van der Waals surface area (Å²) in [4.78, 5) is 2.21. The van der Waals surface area contributed by atoms with Gasteiger partial charge in [0.25, 0.3) is 0 Å². The Kier molecular flexibility index (Phi) is 5.66. The van der Waals surface area contributed by atoms with Gasteiger partial charge < -0.3 is 0 Å². The minimum atomic E-state index is -3.27. The van der Waals surface area contributed by atoms with Crippen molar-refractivity contribution in [1.29, 1.82) is 0 Å². The number of benzene rings is 1. The number of aromatic nitrogens is 2. The van der Waals surface area contributed by atoms with Crippen LogP contribution in [0.15, 0.2) is 34.7 Å². The van der Waals surface area contributed by atoms with Crippen molar-refractivity contribution < 1.29 is 8.42 Å². The molecule has 7 heteroatoms. The van der Waals surface area contributed by atoms with Crippen LogP contribution in [0, 0.1) is 0 Å². The van der Waals surface area contributed by atoms with E-state index in [1.807, 2.05) is 25.2 Å². The van der Waals surface area contributed by atoms with Crippen LogP contribution in [0.1, 0.15) is 23.9 Å². The molecule has 0 fully saturated rings. The Bertz CT molecular complexity index is 699. The molecule has 1 aromatic carbocycles. The van der Waals surface area contributed by atoms with Crippen molar-refractivity contribution in [3.63, 3.8) is 0 Å². The van der Waals surface area contributed by atoms with E-state index in [2.05, 4.69) is 34.2 Å². The summed E-state index contributed by atoms with van der Waals surface area (Å²) in [5, 5.41) is 8.49. The van der Waals surface area contributed by atoms with E-state index in [4.69, 9.17) is 0 Å². The summed E-state index contributed by atoms with van der Waals surface area (Å²) in [6, 6.07) is 10.7. The molecule has 1 heterocycles. The average molecular weight is 339 g/mol. The zero-order valence-electron chi connectivity index (χ0n) is 13.1. The smallest absolute Gasteiger partial charge is 0.232 e. The standard InChI is InChI=1S/C15H21N3O2S2/c1-4-13(10-12-8-6-5-7-9-12)18(2)11-14-16-17-15(21-14)22(3,19)20/h5-9,13H,4,10-11H2,1-3H3/t13-/m1/s1. The van der Waals surface area contributed by atoms with Crippen LogP contribution in [-0.4, -0.2) is 42.9 Å². The van der Waals surface area contributed by atoms with Gasteiger partial charge in [-0.3, -0.25) is 4.90 Å². The zero-order valence-corrected chi connectivity index (χ0v) is 14.7. The Labute approximate surface area is 135 Å². The molecule has 0 saturated carbocycles. The van der Waals surface area contributed by atoms with Gasteiger partial charge in [-0.25, -0.2) is 8.42 Å². The Morgan fingerprint density at radius 3 is 2.45 bits per heavy atom. The molecular weight excluding hydrogens is 318 g/mol. The van der Waals surface area contributed by atoms with Crippen LogP contribution in [0.4, 0.5) is 0 Å². The quantitative estimate of drug-likeness (QED) is 0.775. The number of sulfone groups is 1. The molecule has 0 aliphatic heterocycles. The third-order valence-corrected chi connectivity index (χ3v) is 6.14. The molecule has 0 amide bonds. The Hall–Kier alpha value is -1.31. The van der Waals surface area contributed by atoms with E-state index in [1.54, 1.807) is 0 Å². The van der Waals surface area contributed by atoms with E-state index in [1.165, 1.54) is 5.56 Å². The molecule has 0 saturated heterocycles. The topological polar surface area (TPSA) is 63.2 Å². The average Bonchev–Trinajstić information content (AvgIpc) is 2.94. The van der Waals surface area contributed by atoms with Crippen LogP contribution in [0.25, 0.3) is 0 Å². The Morgan fingerprint density at radius 1 is 1.23 bits per heavy atom. The van der Waals surface area contributed by atoms with Gasteiger partial charge in [0.15, 0.2) is 0 Å². The largest absolute Gasteiger partial charge is 0.296 e. The second-order valence-corrected chi connectivity index (χ2v) is 8.65. The second kappa shape index (κ2) is 7.30. The van der Waals surface area contributed by atoms with Gasteiger partial charge in [0, 0.05) is 12.3 Å². The van der Waals surface area contributed by atoms with Crippen molar-refractivity contribution >= 4 is 21.2 Å². The highest BCUT2D eigenvalue weighted by molar-refractivity contribution is 7.92. The lowest BCUT2D eigenvalue weighted by molar-refractivity contribution is 0.225. The third kappa shape index (κ3) is 4.59. The van der Waals surface area contributed by atoms with Crippen molar-refractivity contribution in [2.75, 3.05) is 13.3 Å². The molecule has 0 aliphatic rings. The minimum absolute atomic E-state index is 0.0898. The molecular formula is C15H21N3O2S2. The zero-order chi connectivity index (χ0) is 16.2. The first-order valence-corrected chi connectivity index (χ1v) is 9.87. The van der Waals surface area contributed by atoms with Crippen LogP contribution >= 0.6 is 11.3 Å². The summed E-state index contributed by atoms with van der Waals surface area (Å²) in [6.45, 7) is 2.77. The fraction of sp³-hybridized carbons (Fsp3) is 0.467. The van der Waals surface area contributed by atoms with Gasteiger partial charge >= 0.3 is 0 Å². The molecule has 1 aromatic heterocycles. The molecule has 22 heavy (non-hydrogen) atoms. The van der Waals surface area contributed by atoms with Crippen molar-refractivity contribution in [1.82, 2.24) is 15.1 Å². The van der Waals surface area contributed by atoms with E-state index in [9.17, 15) is 8.42 Å². The molecule has 0 spiro atoms. The van der Waals surface area contributed by atoms with Crippen LogP contribution in [0.2, 0.25) is 0 Å². The minimum Gasteiger partial charge on any atom is -0.296 e. The molecule has 0 bridgehead atoms. The van der Waals surface area contributed by atoms with Gasteiger partial charge in [0.2, 0.25) is 14.2 Å². The van der Waals surface area contributed by atoms with Crippen LogP contribution < -0.4 is 0 Å². The van der Waals surface area contributed by atoms with Crippen molar-refractivity contribution in [2.24, 2.45) is 0 Å². The van der Waals surface area contributed by atoms with Crippen LogP contribution in [0.5, 0.6) is 0 Å². The number of nitrogens with zero attached hydrogens (tertiary/aromatic N) is 3. The summed E-state index contributed by atoms with van der Waals surface area (Å²) in [5.41, 5.74) is 1.30. The highest BCUT2D eigenvalue weighted by Crippen LogP contribution is 2.19. The molecule has 0 N–H and O–H groups in total. The highest BCUT2D eigenvalue weighted by Gasteiger charge is 2.18. The predicted octanol–water partition coefficient (Wildman–Crippen LogP) is 2.39. The first-order valence-electron chi connectivity index (χ1n) is 7.16. The molecule has 2 rings (SSSR count). The van der Waals surface area contributed by atoms with Gasteiger partial charge in [-0.1, -0.05) is 48.6 Å². The highest BCUT2D eigenvalue weighted by atomic mass is 32.2. The summed E-state index contributed by atoms with van der Waals surface area (Å²) >= 11 is 1.15. The van der Waals surface area contributed by atoms with Crippen molar-refractivity contribution in [3.8, 4) is 0 Å². The lowest BCUT2D eigenvalue weighted by Crippen LogP contribution is -2.32. The Balaban J connectivity index is 2.03. The van der Waals surface area contributed by atoms with Gasteiger partial charge in [-0.2, -0.15) is 0 Å². The van der Waals surface area contributed by atoms with E-state index >= 15 is 0 Å². The molecule has 0 unspecified atom stereocenters. The molecule has 1 atom stereocenters. The van der Waals surface area contributed by atoms with Crippen LogP contribution in [-0.2, 0) is 22.8 Å². The van der Waals surface area contributed by atoms with E-state index in [0.29, 0.717) is 12.6 Å². The van der Waals surface area contributed by atoms with Gasteiger partial charge in [0.1, 0.15) is 5.01 Å². The second-order valence-electron chi connectivity index (χ2n) is 5.40. The fourth-order valence-corrected chi connectivity index (χ4v) is 4.01. The van der Waals surface area contributed by atoms with Crippen molar-refractivity contribution in [3.05, 3.63) is 40.9 Å². The van der Waals surface area contributed by atoms with E-state index in [0.717, 1.165) is 35.4 Å². The lowest BCUT2D eigenvalue weighted by Gasteiger charge is -2.26. The SMILES string of the molecule is CC[C@H](Cc1ccccc1)N(C)Cc1nnc(S(C)(=O)=O)s1. The predicted molar refractivity (Wildman–Crippen MR) is 88.7 cm³/mol. The summed E-state index contributed by atoms with van der Waals surface area (Å²) < 4.78 is 23.0. The van der Waals surface area contributed by atoms with Gasteiger partial charge in [-0.15, -0.1) is 10.2 Å². The van der Waals surface area contributed by atoms with E-state index < -0.39 is 9.84 Å². The Morgan fingerprint density at radius 2 is 1.91 bits per heavy atom. The molecule has 2 aromatic rings. The molecule has 0 aliphatic carbocycles. The number of rotatable bonds is 7. The maximum atomic E-state index is 11.5. The summed E-state index contributed by atoms with van der Waals surface area (Å²) in [7, 11) is -1.23. The first-order chi connectivity index (χ1) is 10.4. The molecule has 5 nitrogen and oxygen atoms in total. The third-order valence-electron chi connectivity index (χ3n) is 3.56. The number of hydrogen-bond acceptors (Lipinski definition) is 6. The van der Waals surface area contributed by atoms with Gasteiger partial charge in [0.05, 0.1) is 6.54 Å². The van der Waals surface area contributed by atoms with Gasteiger partial charge in [-0.05, 0) is 25.5 Å². The number of hydrogen-bond donors (Lipinski definition) is 0. The molecule has 0 radical (unpaired) electrons. The van der Waals surface area contributed by atoms with E-state index in [-0.39, 0.29) is 4.34 Å². The fourth-order valence-electron chi connectivity index (χ4n) is 2.29. The normalized spacial score (nSPS) is 13.5. The first kappa shape index (κ1) is 17.1.